The summed E-state index contributed by atoms with van der Waals surface area (Å²) in [7, 11) is 0. The Labute approximate surface area is 190 Å². The fourth-order valence-electron chi connectivity index (χ4n) is 5.50. The van der Waals surface area contributed by atoms with Crippen LogP contribution in [0.25, 0.3) is 0 Å². The number of hydrogen-bond donors (Lipinski definition) is 0. The molecule has 2 aromatic carbocycles. The molecule has 0 heterocycles. The maximum Gasteiger partial charge on any atom is 0.429 e. The van der Waals surface area contributed by atoms with E-state index in [4.69, 9.17) is 0 Å². The van der Waals surface area contributed by atoms with Crippen LogP contribution < -0.4 is 4.74 Å². The van der Waals surface area contributed by atoms with Gasteiger partial charge in [-0.2, -0.15) is 8.78 Å². The van der Waals surface area contributed by atoms with Crippen molar-refractivity contribution >= 4 is 0 Å². The quantitative estimate of drug-likeness (QED) is 0.315. The van der Waals surface area contributed by atoms with Gasteiger partial charge in [0.05, 0.1) is 5.56 Å². The van der Waals surface area contributed by atoms with Crippen LogP contribution in [-0.2, 0) is 6.11 Å². The highest BCUT2D eigenvalue weighted by Gasteiger charge is 2.39. The Bertz CT molecular complexity index is 952. The first-order chi connectivity index (χ1) is 15.6. The van der Waals surface area contributed by atoms with Crippen LogP contribution in [0.5, 0.6) is 5.75 Å². The Hall–Kier alpha value is -2.18. The monoisotopic (exact) mass is 470 g/mol. The zero-order valence-electron chi connectivity index (χ0n) is 18.5. The Morgan fingerprint density at radius 2 is 1.27 bits per heavy atom. The predicted octanol–water partition coefficient (Wildman–Crippen LogP) is 8.47. The summed E-state index contributed by atoms with van der Waals surface area (Å²) in [6.07, 6.45) is 4.85. The van der Waals surface area contributed by atoms with Crippen molar-refractivity contribution in [2.45, 2.75) is 70.3 Å². The topological polar surface area (TPSA) is 9.23 Å². The van der Waals surface area contributed by atoms with Crippen molar-refractivity contribution in [1.29, 1.82) is 0 Å². The van der Waals surface area contributed by atoms with Crippen molar-refractivity contribution < 1.29 is 31.1 Å². The smallest absolute Gasteiger partial charge is 0.429 e. The number of halogens is 6. The Morgan fingerprint density at radius 1 is 0.727 bits per heavy atom. The third-order valence-corrected chi connectivity index (χ3v) is 7.48. The van der Waals surface area contributed by atoms with Crippen molar-refractivity contribution in [3.8, 4) is 5.75 Å². The number of hydrogen-bond acceptors (Lipinski definition) is 1. The van der Waals surface area contributed by atoms with Crippen LogP contribution in [0.15, 0.2) is 30.3 Å². The van der Waals surface area contributed by atoms with Crippen LogP contribution in [0.3, 0.4) is 0 Å². The summed E-state index contributed by atoms with van der Waals surface area (Å²) in [6.45, 7) is 2.30. The standard InChI is InChI=1S/C26H28F6O/c1-15-2-4-16(5-3-15)17-6-8-18(9-7-17)19-10-11-21(22(27)12-19)26(31,32)33-20-13-23(28)25(30)24(29)14-20/h10-18H,2-9H2,1H3. The van der Waals surface area contributed by atoms with E-state index in [0.29, 0.717) is 23.6 Å². The van der Waals surface area contributed by atoms with Gasteiger partial charge in [-0.25, -0.2) is 17.6 Å². The first-order valence-corrected chi connectivity index (χ1v) is 11.7. The molecule has 2 saturated carbocycles. The van der Waals surface area contributed by atoms with Gasteiger partial charge >= 0.3 is 6.11 Å². The molecule has 180 valence electrons. The minimum atomic E-state index is -4.19. The summed E-state index contributed by atoms with van der Waals surface area (Å²) >= 11 is 0. The number of benzene rings is 2. The first kappa shape index (κ1) is 24.0. The third kappa shape index (κ3) is 5.33. The molecule has 0 atom stereocenters. The van der Waals surface area contributed by atoms with E-state index >= 15 is 0 Å². The molecule has 2 fully saturated rings. The maximum atomic E-state index is 14.7. The molecule has 1 nitrogen and oxygen atoms in total. The highest BCUT2D eigenvalue weighted by atomic mass is 19.3. The largest absolute Gasteiger partial charge is 0.429 e. The minimum Gasteiger partial charge on any atom is -0.429 e. The van der Waals surface area contributed by atoms with E-state index in [0.717, 1.165) is 49.7 Å². The van der Waals surface area contributed by atoms with Gasteiger partial charge in [-0.1, -0.05) is 25.8 Å². The van der Waals surface area contributed by atoms with Crippen molar-refractivity contribution in [3.63, 3.8) is 0 Å². The van der Waals surface area contributed by atoms with Gasteiger partial charge in [0.15, 0.2) is 17.5 Å². The Balaban J connectivity index is 1.41. The van der Waals surface area contributed by atoms with E-state index in [9.17, 15) is 26.3 Å². The van der Waals surface area contributed by atoms with E-state index in [1.165, 1.54) is 31.7 Å². The molecule has 0 bridgehead atoms. The molecule has 2 aliphatic carbocycles. The molecular weight excluding hydrogens is 442 g/mol. The number of alkyl halides is 2. The SMILES string of the molecule is CC1CCC(C2CCC(c3ccc(C(F)(F)Oc4cc(F)c(F)c(F)c4)c(F)c3)CC2)CC1. The van der Waals surface area contributed by atoms with E-state index in [2.05, 4.69) is 11.7 Å². The van der Waals surface area contributed by atoms with Crippen molar-refractivity contribution in [1.82, 2.24) is 0 Å². The molecule has 0 aliphatic heterocycles. The van der Waals surface area contributed by atoms with Gasteiger partial charge in [0.2, 0.25) is 0 Å². The highest BCUT2D eigenvalue weighted by molar-refractivity contribution is 5.31. The van der Waals surface area contributed by atoms with Crippen molar-refractivity contribution in [2.24, 2.45) is 17.8 Å². The molecule has 0 amide bonds. The summed E-state index contributed by atoms with van der Waals surface area (Å²) in [5.41, 5.74) is -0.372. The van der Waals surface area contributed by atoms with Crippen LogP contribution in [0.4, 0.5) is 26.3 Å². The summed E-state index contributed by atoms with van der Waals surface area (Å²) in [5, 5.41) is 0. The summed E-state index contributed by atoms with van der Waals surface area (Å²) < 4.78 is 87.7. The third-order valence-electron chi connectivity index (χ3n) is 7.48. The maximum absolute atomic E-state index is 14.7. The normalized spacial score (nSPS) is 26.3. The van der Waals surface area contributed by atoms with Gasteiger partial charge < -0.3 is 4.74 Å². The zero-order chi connectivity index (χ0) is 23.8. The summed E-state index contributed by atoms with van der Waals surface area (Å²) in [5.74, 6) is -4.85. The van der Waals surface area contributed by atoms with E-state index in [1.807, 2.05) is 0 Å². The molecule has 0 saturated heterocycles. The molecular formula is C26H28F6O. The van der Waals surface area contributed by atoms with Gasteiger partial charge in [0, 0.05) is 12.1 Å². The molecule has 33 heavy (non-hydrogen) atoms. The van der Waals surface area contributed by atoms with Gasteiger partial charge in [-0.15, -0.1) is 0 Å². The van der Waals surface area contributed by atoms with Crippen molar-refractivity contribution in [3.05, 3.63) is 64.7 Å². The molecule has 2 aromatic rings. The van der Waals surface area contributed by atoms with Gasteiger partial charge in [0.25, 0.3) is 0 Å². The molecule has 2 aliphatic rings. The predicted molar refractivity (Wildman–Crippen MR) is 113 cm³/mol. The van der Waals surface area contributed by atoms with Gasteiger partial charge in [-0.05, 0) is 79.9 Å². The second-order valence-electron chi connectivity index (χ2n) is 9.69. The van der Waals surface area contributed by atoms with Crippen LogP contribution in [0, 0.1) is 41.0 Å². The molecule has 0 radical (unpaired) electrons. The summed E-state index contributed by atoms with van der Waals surface area (Å²) in [4.78, 5) is 0. The lowest BCUT2D eigenvalue weighted by Crippen LogP contribution is -2.25. The molecule has 7 heteroatoms. The first-order valence-electron chi connectivity index (χ1n) is 11.7. The van der Waals surface area contributed by atoms with E-state index in [-0.39, 0.29) is 5.92 Å². The van der Waals surface area contributed by atoms with Crippen LogP contribution >= 0.6 is 0 Å². The molecule has 0 unspecified atom stereocenters. The van der Waals surface area contributed by atoms with E-state index < -0.39 is 40.7 Å². The number of rotatable bonds is 5. The Morgan fingerprint density at radius 3 is 1.82 bits per heavy atom. The average Bonchev–Trinajstić information content (AvgIpc) is 2.77. The highest BCUT2D eigenvalue weighted by Crippen LogP contribution is 2.44. The van der Waals surface area contributed by atoms with Crippen LogP contribution in [-0.4, -0.2) is 0 Å². The Kier molecular flexibility index (Phi) is 6.96. The molecule has 0 spiro atoms. The van der Waals surface area contributed by atoms with Gasteiger partial charge in [-0.3, -0.25) is 0 Å². The minimum absolute atomic E-state index is 0.113. The molecule has 0 aromatic heterocycles. The van der Waals surface area contributed by atoms with Crippen molar-refractivity contribution in [2.75, 3.05) is 0 Å². The van der Waals surface area contributed by atoms with Crippen LogP contribution in [0.1, 0.15) is 75.3 Å². The van der Waals surface area contributed by atoms with E-state index in [1.54, 1.807) is 0 Å². The van der Waals surface area contributed by atoms with Crippen LogP contribution in [0.2, 0.25) is 0 Å². The number of ether oxygens (including phenoxy) is 1. The summed E-state index contributed by atoms with van der Waals surface area (Å²) in [6, 6.07) is 4.12. The second-order valence-corrected chi connectivity index (χ2v) is 9.69. The average molecular weight is 470 g/mol. The lowest BCUT2D eigenvalue weighted by Gasteiger charge is -2.37. The lowest BCUT2D eigenvalue weighted by atomic mass is 9.68. The fourth-order valence-corrected chi connectivity index (χ4v) is 5.50. The molecule has 4 rings (SSSR count). The van der Waals surface area contributed by atoms with Gasteiger partial charge in [0.1, 0.15) is 11.6 Å². The fraction of sp³-hybridized carbons (Fsp3) is 0.538. The second kappa shape index (κ2) is 9.59. The zero-order valence-corrected chi connectivity index (χ0v) is 18.5. The molecule has 0 N–H and O–H groups in total. The lowest BCUT2D eigenvalue weighted by molar-refractivity contribution is -0.187.